The standard InChI is InChI=1S/C32H32N2O4/c1-38-27-13-26-19-33-34(20-21-7-9-25(10-8-21)24-5-3-2-4-6-24)31(26)28(14-27)29(35)11-22-15-32(16-22)17-23(18-32)12-30(36)37/h2-10,13-14,19,22-23H,11-12,15-18,20H2,1H3,(H,36,37). The van der Waals surface area contributed by atoms with Gasteiger partial charge in [-0.2, -0.15) is 5.10 Å². The second kappa shape index (κ2) is 9.75. The first-order chi connectivity index (χ1) is 18.4. The highest BCUT2D eigenvalue weighted by Gasteiger charge is 2.53. The number of carbonyl (C=O) groups is 2. The lowest BCUT2D eigenvalue weighted by Gasteiger charge is -2.58. The summed E-state index contributed by atoms with van der Waals surface area (Å²) in [6.45, 7) is 0.572. The van der Waals surface area contributed by atoms with Crippen molar-refractivity contribution >= 4 is 22.7 Å². The van der Waals surface area contributed by atoms with Crippen LogP contribution in [-0.4, -0.2) is 33.7 Å². The predicted octanol–water partition coefficient (Wildman–Crippen LogP) is 6.61. The molecule has 0 bridgehead atoms. The van der Waals surface area contributed by atoms with E-state index in [0.29, 0.717) is 36.1 Å². The summed E-state index contributed by atoms with van der Waals surface area (Å²) in [7, 11) is 1.62. The van der Waals surface area contributed by atoms with Gasteiger partial charge in [-0.1, -0.05) is 54.6 Å². The van der Waals surface area contributed by atoms with Crippen LogP contribution in [0.4, 0.5) is 0 Å². The lowest BCUT2D eigenvalue weighted by molar-refractivity contribution is -0.142. The van der Waals surface area contributed by atoms with Crippen LogP contribution in [0.3, 0.4) is 0 Å². The fraction of sp³-hybridized carbons (Fsp3) is 0.344. The molecule has 4 aromatic rings. The quantitative estimate of drug-likeness (QED) is 0.257. The van der Waals surface area contributed by atoms with Crippen molar-refractivity contribution < 1.29 is 19.4 Å². The molecule has 0 aliphatic heterocycles. The molecule has 0 radical (unpaired) electrons. The Morgan fingerprint density at radius 2 is 1.61 bits per heavy atom. The molecule has 6 rings (SSSR count). The minimum absolute atomic E-state index is 0.122. The maximum absolute atomic E-state index is 13.6. The number of hydrogen-bond donors (Lipinski definition) is 1. The van der Waals surface area contributed by atoms with Gasteiger partial charge in [0.05, 0.1) is 25.4 Å². The van der Waals surface area contributed by atoms with E-state index >= 15 is 0 Å². The number of ether oxygens (including phenoxy) is 1. The van der Waals surface area contributed by atoms with Crippen molar-refractivity contribution in [3.63, 3.8) is 0 Å². The molecule has 194 valence electrons. The zero-order chi connectivity index (χ0) is 26.3. The minimum atomic E-state index is -0.707. The van der Waals surface area contributed by atoms with Gasteiger partial charge >= 0.3 is 5.97 Å². The third kappa shape index (κ3) is 4.71. The van der Waals surface area contributed by atoms with Crippen LogP contribution in [0.1, 0.15) is 54.4 Å². The zero-order valence-corrected chi connectivity index (χ0v) is 21.6. The van der Waals surface area contributed by atoms with Gasteiger partial charge in [0, 0.05) is 23.8 Å². The number of hydrogen-bond acceptors (Lipinski definition) is 4. The first kappa shape index (κ1) is 24.4. The van der Waals surface area contributed by atoms with Crippen molar-refractivity contribution in [2.24, 2.45) is 17.3 Å². The Labute approximate surface area is 222 Å². The van der Waals surface area contributed by atoms with E-state index in [-0.39, 0.29) is 17.6 Å². The summed E-state index contributed by atoms with van der Waals surface area (Å²) in [5, 5.41) is 14.6. The molecule has 0 atom stereocenters. The number of aliphatic carboxylic acids is 1. The van der Waals surface area contributed by atoms with Crippen LogP contribution >= 0.6 is 0 Å². The Morgan fingerprint density at radius 1 is 0.947 bits per heavy atom. The number of rotatable bonds is 9. The van der Waals surface area contributed by atoms with Gasteiger partial charge in [-0.3, -0.25) is 14.3 Å². The number of fused-ring (bicyclic) bond motifs is 1. The summed E-state index contributed by atoms with van der Waals surface area (Å²) in [6, 6.07) is 22.6. The minimum Gasteiger partial charge on any atom is -0.497 e. The molecule has 0 amide bonds. The summed E-state index contributed by atoms with van der Waals surface area (Å²) < 4.78 is 7.43. The molecule has 6 heteroatoms. The van der Waals surface area contributed by atoms with E-state index in [9.17, 15) is 9.59 Å². The van der Waals surface area contributed by atoms with Gasteiger partial charge in [-0.15, -0.1) is 0 Å². The van der Waals surface area contributed by atoms with Crippen LogP contribution in [0, 0.1) is 17.3 Å². The van der Waals surface area contributed by atoms with E-state index < -0.39 is 5.97 Å². The lowest BCUT2D eigenvalue weighted by atomic mass is 9.47. The van der Waals surface area contributed by atoms with Gasteiger partial charge in [0.2, 0.25) is 0 Å². The van der Waals surface area contributed by atoms with Gasteiger partial charge in [0.15, 0.2) is 5.78 Å². The summed E-state index contributed by atoms with van der Waals surface area (Å²) in [5.41, 5.74) is 5.26. The van der Waals surface area contributed by atoms with Gasteiger partial charge < -0.3 is 9.84 Å². The molecule has 1 spiro atoms. The predicted molar refractivity (Wildman–Crippen MR) is 146 cm³/mol. The molecule has 0 saturated heterocycles. The maximum atomic E-state index is 13.6. The van der Waals surface area contributed by atoms with E-state index in [1.54, 1.807) is 7.11 Å². The number of benzene rings is 3. The SMILES string of the molecule is COc1cc(C(=O)CC2CC3(CC(CC(=O)O)C3)C2)c2c(cnn2Cc2ccc(-c3ccccc3)cc2)c1. The zero-order valence-electron chi connectivity index (χ0n) is 21.6. The molecule has 0 unspecified atom stereocenters. The number of carboxylic acids is 1. The van der Waals surface area contributed by atoms with Crippen LogP contribution in [0.2, 0.25) is 0 Å². The van der Waals surface area contributed by atoms with Crippen LogP contribution in [0.15, 0.2) is 72.9 Å². The summed E-state index contributed by atoms with van der Waals surface area (Å²) in [5.74, 6) is 0.737. The van der Waals surface area contributed by atoms with Crippen LogP contribution in [-0.2, 0) is 11.3 Å². The molecule has 2 aliphatic carbocycles. The van der Waals surface area contributed by atoms with Crippen LogP contribution in [0.5, 0.6) is 5.75 Å². The fourth-order valence-electron chi connectivity index (χ4n) is 6.83. The van der Waals surface area contributed by atoms with E-state index in [2.05, 4.69) is 41.5 Å². The van der Waals surface area contributed by atoms with Crippen molar-refractivity contribution in [2.45, 2.75) is 45.1 Å². The smallest absolute Gasteiger partial charge is 0.303 e. The van der Waals surface area contributed by atoms with E-state index in [4.69, 9.17) is 9.84 Å². The molecule has 1 N–H and O–H groups in total. The molecule has 1 heterocycles. The fourth-order valence-corrected chi connectivity index (χ4v) is 6.83. The highest BCUT2D eigenvalue weighted by atomic mass is 16.5. The molecular weight excluding hydrogens is 476 g/mol. The molecule has 6 nitrogen and oxygen atoms in total. The van der Waals surface area contributed by atoms with Crippen molar-refractivity contribution in [3.8, 4) is 16.9 Å². The highest BCUT2D eigenvalue weighted by Crippen LogP contribution is 2.62. The van der Waals surface area contributed by atoms with Crippen molar-refractivity contribution in [2.75, 3.05) is 7.11 Å². The number of aromatic nitrogens is 2. The molecule has 1 aromatic heterocycles. The normalized spacial score (nSPS) is 22.1. The number of Topliss-reactive ketones (excluding diaryl/α,β-unsaturated/α-hetero) is 1. The average Bonchev–Trinajstić information content (AvgIpc) is 3.28. The Balaban J connectivity index is 1.18. The third-order valence-corrected chi connectivity index (χ3v) is 8.46. The number of methoxy groups -OCH3 is 1. The first-order valence-corrected chi connectivity index (χ1v) is 13.3. The van der Waals surface area contributed by atoms with Gasteiger partial charge in [0.25, 0.3) is 0 Å². The Kier molecular flexibility index (Phi) is 6.26. The van der Waals surface area contributed by atoms with E-state index in [0.717, 1.165) is 42.1 Å². The third-order valence-electron chi connectivity index (χ3n) is 8.46. The lowest BCUT2D eigenvalue weighted by Crippen LogP contribution is -2.48. The van der Waals surface area contributed by atoms with Crippen molar-refractivity contribution in [1.29, 1.82) is 0 Å². The summed E-state index contributed by atoms with van der Waals surface area (Å²) in [4.78, 5) is 24.6. The topological polar surface area (TPSA) is 81.4 Å². The second-order valence-electron chi connectivity index (χ2n) is 11.3. The maximum Gasteiger partial charge on any atom is 0.303 e. The van der Waals surface area contributed by atoms with Gasteiger partial charge in [-0.05, 0) is 71.8 Å². The highest BCUT2D eigenvalue weighted by molar-refractivity contribution is 6.07. The number of ketones is 1. The Bertz CT molecular complexity index is 1480. The molecule has 2 fully saturated rings. The molecule has 2 saturated carbocycles. The number of nitrogens with zero attached hydrogens (tertiary/aromatic N) is 2. The average molecular weight is 509 g/mol. The molecular formula is C32H32N2O4. The Hall–Kier alpha value is -3.93. The molecule has 38 heavy (non-hydrogen) atoms. The van der Waals surface area contributed by atoms with Crippen molar-refractivity contribution in [3.05, 3.63) is 84.1 Å². The molecule has 2 aliphatic rings. The number of carbonyl (C=O) groups excluding carboxylic acids is 1. The van der Waals surface area contributed by atoms with Crippen LogP contribution in [0.25, 0.3) is 22.0 Å². The van der Waals surface area contributed by atoms with Gasteiger partial charge in [0.1, 0.15) is 5.75 Å². The molecule has 3 aromatic carbocycles. The number of carboxylic acid groups (broad SMARTS) is 1. The van der Waals surface area contributed by atoms with E-state index in [1.807, 2.05) is 41.2 Å². The first-order valence-electron chi connectivity index (χ1n) is 13.3. The van der Waals surface area contributed by atoms with E-state index in [1.165, 1.54) is 11.1 Å². The van der Waals surface area contributed by atoms with Crippen LogP contribution < -0.4 is 4.74 Å². The van der Waals surface area contributed by atoms with Gasteiger partial charge in [-0.25, -0.2) is 0 Å². The summed E-state index contributed by atoms with van der Waals surface area (Å²) in [6.07, 6.45) is 6.61. The summed E-state index contributed by atoms with van der Waals surface area (Å²) >= 11 is 0. The second-order valence-corrected chi connectivity index (χ2v) is 11.3. The monoisotopic (exact) mass is 508 g/mol. The van der Waals surface area contributed by atoms with Crippen molar-refractivity contribution in [1.82, 2.24) is 9.78 Å². The Morgan fingerprint density at radius 3 is 2.26 bits per heavy atom. The largest absolute Gasteiger partial charge is 0.497 e.